The summed E-state index contributed by atoms with van der Waals surface area (Å²) >= 11 is 0. The molecule has 1 atom stereocenters. The largest absolute Gasteiger partial charge is 0.369 e. The molecule has 0 bridgehead atoms. The standard InChI is InChI=1S/C16H22N6O4/c1-2-18-14(25)9-7-10(23)19-13-11(9)15(26)21-16(20-13)22-5-3-8(4-6-22)12(17)24/h8-9H,2-7H2,1H3,(H2,17,24)(H,18,25)(H2,19,20,21,23,26). The Bertz CT molecular complexity index is 796. The zero-order chi connectivity index (χ0) is 18.8. The van der Waals surface area contributed by atoms with Gasteiger partial charge >= 0.3 is 0 Å². The molecule has 3 heterocycles. The Labute approximate surface area is 149 Å². The van der Waals surface area contributed by atoms with E-state index in [0.29, 0.717) is 38.4 Å². The van der Waals surface area contributed by atoms with Crippen LogP contribution in [0.3, 0.4) is 0 Å². The highest BCUT2D eigenvalue weighted by atomic mass is 16.2. The lowest BCUT2D eigenvalue weighted by Crippen LogP contribution is -2.42. The number of carbonyl (C=O) groups excluding carboxylic acids is 3. The van der Waals surface area contributed by atoms with Crippen LogP contribution in [-0.2, 0) is 14.4 Å². The summed E-state index contributed by atoms with van der Waals surface area (Å²) in [5, 5.41) is 5.23. The third kappa shape index (κ3) is 3.39. The minimum absolute atomic E-state index is 0.0903. The summed E-state index contributed by atoms with van der Waals surface area (Å²) in [5.74, 6) is -1.66. The monoisotopic (exact) mass is 362 g/mol. The average molecular weight is 362 g/mol. The van der Waals surface area contributed by atoms with Gasteiger partial charge in [-0.3, -0.25) is 24.2 Å². The highest BCUT2D eigenvalue weighted by molar-refractivity contribution is 6.00. The Morgan fingerprint density at radius 3 is 2.62 bits per heavy atom. The fraction of sp³-hybridized carbons (Fsp3) is 0.562. The van der Waals surface area contributed by atoms with Gasteiger partial charge in [-0.25, -0.2) is 0 Å². The van der Waals surface area contributed by atoms with Crippen molar-refractivity contribution in [1.82, 2.24) is 15.3 Å². The fourth-order valence-electron chi connectivity index (χ4n) is 3.41. The SMILES string of the molecule is CCNC(=O)C1CC(=O)Nc2nc(N3CCC(C(N)=O)CC3)[nH]c(=O)c21. The van der Waals surface area contributed by atoms with Gasteiger partial charge in [-0.1, -0.05) is 0 Å². The normalized spacial score (nSPS) is 20.3. The molecule has 5 N–H and O–H groups in total. The average Bonchev–Trinajstić information content (AvgIpc) is 2.60. The molecule has 0 spiro atoms. The number of primary amides is 1. The van der Waals surface area contributed by atoms with E-state index in [-0.39, 0.29) is 41.4 Å². The van der Waals surface area contributed by atoms with E-state index in [0.717, 1.165) is 0 Å². The summed E-state index contributed by atoms with van der Waals surface area (Å²) in [4.78, 5) is 56.9. The van der Waals surface area contributed by atoms with Gasteiger partial charge in [0.15, 0.2) is 0 Å². The number of nitrogens with one attached hydrogen (secondary N) is 3. The molecule has 1 aromatic rings. The van der Waals surface area contributed by atoms with Gasteiger partial charge in [-0.15, -0.1) is 0 Å². The number of amides is 3. The van der Waals surface area contributed by atoms with Crippen molar-refractivity contribution in [2.75, 3.05) is 29.9 Å². The van der Waals surface area contributed by atoms with Crippen molar-refractivity contribution in [2.45, 2.75) is 32.1 Å². The molecule has 10 nitrogen and oxygen atoms in total. The molecule has 0 aliphatic carbocycles. The minimum Gasteiger partial charge on any atom is -0.369 e. The van der Waals surface area contributed by atoms with Crippen LogP contribution >= 0.6 is 0 Å². The summed E-state index contributed by atoms with van der Waals surface area (Å²) in [7, 11) is 0. The van der Waals surface area contributed by atoms with Gasteiger partial charge in [0, 0.05) is 32.0 Å². The first-order chi connectivity index (χ1) is 12.4. The molecule has 0 aromatic carbocycles. The lowest BCUT2D eigenvalue weighted by molar-refractivity contribution is -0.126. The van der Waals surface area contributed by atoms with Crippen LogP contribution in [0.15, 0.2) is 4.79 Å². The maximum atomic E-state index is 12.6. The summed E-state index contributed by atoms with van der Waals surface area (Å²) in [6.07, 6.45) is 1.06. The first-order valence-corrected chi connectivity index (χ1v) is 8.66. The number of hydrogen-bond donors (Lipinski definition) is 4. The maximum absolute atomic E-state index is 12.6. The van der Waals surface area contributed by atoms with E-state index in [9.17, 15) is 19.2 Å². The molecule has 1 fully saturated rings. The highest BCUT2D eigenvalue weighted by Gasteiger charge is 2.35. The van der Waals surface area contributed by atoms with Crippen molar-refractivity contribution in [3.8, 4) is 0 Å². The van der Waals surface area contributed by atoms with E-state index in [1.54, 1.807) is 6.92 Å². The predicted molar refractivity (Wildman–Crippen MR) is 93.7 cm³/mol. The number of hydrogen-bond acceptors (Lipinski definition) is 6. The molecule has 140 valence electrons. The molecule has 1 aromatic heterocycles. The van der Waals surface area contributed by atoms with Crippen molar-refractivity contribution >= 4 is 29.5 Å². The summed E-state index contributed by atoms with van der Waals surface area (Å²) < 4.78 is 0. The van der Waals surface area contributed by atoms with Gasteiger partial charge in [-0.05, 0) is 19.8 Å². The zero-order valence-electron chi connectivity index (χ0n) is 14.5. The van der Waals surface area contributed by atoms with Crippen LogP contribution in [0, 0.1) is 5.92 Å². The quantitative estimate of drug-likeness (QED) is 0.541. The Morgan fingerprint density at radius 2 is 2.00 bits per heavy atom. The molecule has 26 heavy (non-hydrogen) atoms. The Morgan fingerprint density at radius 1 is 1.31 bits per heavy atom. The van der Waals surface area contributed by atoms with Gasteiger partial charge in [0.1, 0.15) is 5.82 Å². The van der Waals surface area contributed by atoms with E-state index in [2.05, 4.69) is 20.6 Å². The van der Waals surface area contributed by atoms with Gasteiger partial charge in [0.25, 0.3) is 5.56 Å². The van der Waals surface area contributed by atoms with E-state index in [1.807, 2.05) is 4.90 Å². The summed E-state index contributed by atoms with van der Waals surface area (Å²) in [5.41, 5.74) is 5.06. The van der Waals surface area contributed by atoms with E-state index < -0.39 is 11.5 Å². The number of fused-ring (bicyclic) bond motifs is 1. The number of aromatic nitrogens is 2. The summed E-state index contributed by atoms with van der Waals surface area (Å²) in [6.45, 7) is 3.21. The number of piperidine rings is 1. The maximum Gasteiger partial charge on any atom is 0.258 e. The number of nitrogens with two attached hydrogens (primary N) is 1. The molecular formula is C16H22N6O4. The molecule has 1 saturated heterocycles. The Hall–Kier alpha value is -2.91. The van der Waals surface area contributed by atoms with Crippen LogP contribution in [0.25, 0.3) is 0 Å². The van der Waals surface area contributed by atoms with Crippen LogP contribution < -0.4 is 26.8 Å². The fourth-order valence-corrected chi connectivity index (χ4v) is 3.41. The Kier molecular flexibility index (Phi) is 4.92. The van der Waals surface area contributed by atoms with Crippen molar-refractivity contribution < 1.29 is 14.4 Å². The van der Waals surface area contributed by atoms with Gasteiger partial charge in [0.05, 0.1) is 11.5 Å². The summed E-state index contributed by atoms with van der Waals surface area (Å²) in [6, 6.07) is 0. The van der Waals surface area contributed by atoms with Crippen LogP contribution in [0.2, 0.25) is 0 Å². The highest BCUT2D eigenvalue weighted by Crippen LogP contribution is 2.30. The van der Waals surface area contributed by atoms with E-state index in [4.69, 9.17) is 5.73 Å². The molecule has 3 rings (SSSR count). The second-order valence-corrected chi connectivity index (χ2v) is 6.51. The number of carbonyl (C=O) groups is 3. The molecule has 0 radical (unpaired) electrons. The first-order valence-electron chi connectivity index (χ1n) is 8.66. The van der Waals surface area contributed by atoms with Crippen LogP contribution in [0.1, 0.15) is 37.7 Å². The lowest BCUT2D eigenvalue weighted by atomic mass is 9.92. The van der Waals surface area contributed by atoms with Crippen molar-refractivity contribution in [3.05, 3.63) is 15.9 Å². The second kappa shape index (κ2) is 7.14. The van der Waals surface area contributed by atoms with E-state index >= 15 is 0 Å². The molecule has 10 heteroatoms. The minimum atomic E-state index is -0.857. The van der Waals surface area contributed by atoms with Gasteiger partial charge < -0.3 is 21.3 Å². The van der Waals surface area contributed by atoms with Gasteiger partial charge in [-0.2, -0.15) is 4.98 Å². The first kappa shape index (κ1) is 17.9. The molecule has 2 aliphatic heterocycles. The lowest BCUT2D eigenvalue weighted by Gasteiger charge is -2.32. The van der Waals surface area contributed by atoms with Crippen LogP contribution in [0.5, 0.6) is 0 Å². The molecule has 3 amide bonds. The number of H-pyrrole nitrogens is 1. The van der Waals surface area contributed by atoms with Crippen LogP contribution in [-0.4, -0.2) is 47.3 Å². The molecule has 2 aliphatic rings. The van der Waals surface area contributed by atoms with Crippen molar-refractivity contribution in [2.24, 2.45) is 11.7 Å². The van der Waals surface area contributed by atoms with Crippen molar-refractivity contribution in [1.29, 1.82) is 0 Å². The number of anilines is 2. The second-order valence-electron chi connectivity index (χ2n) is 6.51. The smallest absolute Gasteiger partial charge is 0.258 e. The molecule has 0 saturated carbocycles. The predicted octanol–water partition coefficient (Wildman–Crippen LogP) is -0.966. The number of nitrogens with zero attached hydrogens (tertiary/aromatic N) is 2. The van der Waals surface area contributed by atoms with Gasteiger partial charge in [0.2, 0.25) is 23.7 Å². The topological polar surface area (TPSA) is 150 Å². The third-order valence-corrected chi connectivity index (χ3v) is 4.80. The number of rotatable bonds is 4. The Balaban J connectivity index is 1.89. The number of likely N-dealkylation sites (N-methyl/N-ethyl adjacent to an activating group) is 1. The van der Waals surface area contributed by atoms with Crippen LogP contribution in [0.4, 0.5) is 11.8 Å². The molecule has 1 unspecified atom stereocenters. The van der Waals surface area contributed by atoms with Crippen molar-refractivity contribution in [3.63, 3.8) is 0 Å². The molecular weight excluding hydrogens is 340 g/mol. The number of aromatic amines is 1. The van der Waals surface area contributed by atoms with E-state index in [1.165, 1.54) is 0 Å². The zero-order valence-corrected chi connectivity index (χ0v) is 14.5. The third-order valence-electron chi connectivity index (χ3n) is 4.80.